The molecule has 0 spiro atoms. The van der Waals surface area contributed by atoms with E-state index in [-0.39, 0.29) is 24.7 Å². The largest absolute Gasteiger partial charge is 0.273 e. The average Bonchev–Trinajstić information content (AvgIpc) is 2.89. The van der Waals surface area contributed by atoms with Gasteiger partial charge in [0.25, 0.3) is 0 Å². The third kappa shape index (κ3) is 3.24. The zero-order valence-electron chi connectivity index (χ0n) is 9.77. The molecule has 1 aromatic heterocycles. The molecule has 0 unspecified atom stereocenters. The van der Waals surface area contributed by atoms with Gasteiger partial charge in [-0.15, -0.1) is 11.3 Å². The first-order valence-corrected chi connectivity index (χ1v) is 6.23. The smallest absolute Gasteiger partial charge is 0.245 e. The standard InChI is InChI=1S/C11H12N4O2S/c1-7-2-3-18-9(7)6-12-14-10(16)4-8-5-11(17)15-13-8/h2-3,6H,4-5H2,1H3,(H,14,16)(H,15,17)/b12-6+. The summed E-state index contributed by atoms with van der Waals surface area (Å²) in [6, 6.07) is 1.98. The molecular weight excluding hydrogens is 252 g/mol. The van der Waals surface area contributed by atoms with Gasteiger partial charge in [0.05, 0.1) is 24.8 Å². The van der Waals surface area contributed by atoms with Gasteiger partial charge in [-0.3, -0.25) is 9.59 Å². The quantitative estimate of drug-likeness (QED) is 0.622. The van der Waals surface area contributed by atoms with E-state index >= 15 is 0 Å². The first-order chi connectivity index (χ1) is 8.65. The molecule has 7 heteroatoms. The van der Waals surface area contributed by atoms with Gasteiger partial charge in [-0.05, 0) is 23.9 Å². The first kappa shape index (κ1) is 12.4. The zero-order chi connectivity index (χ0) is 13.0. The molecule has 0 fully saturated rings. The van der Waals surface area contributed by atoms with E-state index in [1.807, 2.05) is 18.4 Å². The minimum Gasteiger partial charge on any atom is -0.273 e. The van der Waals surface area contributed by atoms with Crippen LogP contribution in [0.4, 0.5) is 0 Å². The second-order valence-corrected chi connectivity index (χ2v) is 4.78. The number of aryl methyl sites for hydroxylation is 1. The van der Waals surface area contributed by atoms with Crippen LogP contribution < -0.4 is 10.9 Å². The lowest BCUT2D eigenvalue weighted by atomic mass is 10.2. The van der Waals surface area contributed by atoms with Crippen molar-refractivity contribution in [2.75, 3.05) is 0 Å². The summed E-state index contributed by atoms with van der Waals surface area (Å²) in [6.07, 6.45) is 1.87. The fourth-order valence-corrected chi connectivity index (χ4v) is 2.20. The number of hydrogen-bond donors (Lipinski definition) is 2. The Labute approximate surface area is 108 Å². The number of thiophene rings is 1. The maximum Gasteiger partial charge on any atom is 0.245 e. The number of hydrazone groups is 2. The molecule has 94 valence electrons. The van der Waals surface area contributed by atoms with Crippen molar-refractivity contribution in [2.45, 2.75) is 19.8 Å². The minimum atomic E-state index is -0.282. The number of rotatable bonds is 4. The van der Waals surface area contributed by atoms with Crippen LogP contribution in [0.5, 0.6) is 0 Å². The summed E-state index contributed by atoms with van der Waals surface area (Å²) >= 11 is 1.56. The van der Waals surface area contributed by atoms with E-state index in [4.69, 9.17) is 0 Å². The molecule has 1 aliphatic heterocycles. The number of amides is 2. The predicted octanol–water partition coefficient (Wildman–Crippen LogP) is 0.773. The van der Waals surface area contributed by atoms with Crippen molar-refractivity contribution in [3.05, 3.63) is 21.9 Å². The summed E-state index contributed by atoms with van der Waals surface area (Å²) in [5.74, 6) is -0.466. The summed E-state index contributed by atoms with van der Waals surface area (Å²) in [5, 5.41) is 9.56. The highest BCUT2D eigenvalue weighted by Gasteiger charge is 2.16. The molecule has 0 aliphatic carbocycles. The van der Waals surface area contributed by atoms with Crippen LogP contribution in [0.15, 0.2) is 21.6 Å². The number of nitrogens with zero attached hydrogens (tertiary/aromatic N) is 2. The SMILES string of the molecule is Cc1ccsc1/C=N/NC(=O)CC1=NNC(=O)C1. The Morgan fingerprint density at radius 2 is 2.56 bits per heavy atom. The maximum atomic E-state index is 11.5. The van der Waals surface area contributed by atoms with Crippen molar-refractivity contribution in [3.63, 3.8) is 0 Å². The van der Waals surface area contributed by atoms with Gasteiger partial charge in [-0.1, -0.05) is 0 Å². The highest BCUT2D eigenvalue weighted by Crippen LogP contribution is 2.12. The average molecular weight is 264 g/mol. The van der Waals surface area contributed by atoms with Gasteiger partial charge in [0.2, 0.25) is 11.8 Å². The summed E-state index contributed by atoms with van der Waals surface area (Å²) in [7, 11) is 0. The molecule has 2 amide bonds. The van der Waals surface area contributed by atoms with E-state index < -0.39 is 0 Å². The number of hydrogen-bond acceptors (Lipinski definition) is 5. The van der Waals surface area contributed by atoms with Crippen LogP contribution in [0.25, 0.3) is 0 Å². The fourth-order valence-electron chi connectivity index (χ4n) is 1.41. The van der Waals surface area contributed by atoms with E-state index in [0.717, 1.165) is 10.4 Å². The molecule has 0 bridgehead atoms. The molecule has 18 heavy (non-hydrogen) atoms. The molecule has 0 radical (unpaired) electrons. The van der Waals surface area contributed by atoms with E-state index in [9.17, 15) is 9.59 Å². The van der Waals surface area contributed by atoms with Crippen molar-refractivity contribution < 1.29 is 9.59 Å². The van der Waals surface area contributed by atoms with E-state index in [2.05, 4.69) is 21.1 Å². The maximum absolute atomic E-state index is 11.5. The Balaban J connectivity index is 1.80. The predicted molar refractivity (Wildman–Crippen MR) is 69.6 cm³/mol. The molecule has 0 saturated carbocycles. The summed E-state index contributed by atoms with van der Waals surface area (Å²) in [5.41, 5.74) is 6.35. The molecule has 2 N–H and O–H groups in total. The van der Waals surface area contributed by atoms with Crippen LogP contribution in [0, 0.1) is 6.92 Å². The van der Waals surface area contributed by atoms with Gasteiger partial charge < -0.3 is 0 Å². The monoisotopic (exact) mass is 264 g/mol. The van der Waals surface area contributed by atoms with Crippen molar-refractivity contribution in [1.82, 2.24) is 10.9 Å². The molecule has 1 aliphatic rings. The first-order valence-electron chi connectivity index (χ1n) is 5.35. The zero-order valence-corrected chi connectivity index (χ0v) is 10.6. The van der Waals surface area contributed by atoms with E-state index in [0.29, 0.717) is 5.71 Å². The van der Waals surface area contributed by atoms with E-state index in [1.54, 1.807) is 17.6 Å². The van der Waals surface area contributed by atoms with Gasteiger partial charge in [0.15, 0.2) is 0 Å². The number of carbonyl (C=O) groups is 2. The van der Waals surface area contributed by atoms with Crippen LogP contribution in [-0.4, -0.2) is 23.7 Å². The lowest BCUT2D eigenvalue weighted by Gasteiger charge is -1.97. The summed E-state index contributed by atoms with van der Waals surface area (Å²) in [6.45, 7) is 1.98. The van der Waals surface area contributed by atoms with Crippen molar-refractivity contribution in [3.8, 4) is 0 Å². The van der Waals surface area contributed by atoms with Gasteiger partial charge in [0.1, 0.15) is 0 Å². The third-order valence-electron chi connectivity index (χ3n) is 2.34. The molecular formula is C11H12N4O2S. The molecule has 0 aromatic carbocycles. The highest BCUT2D eigenvalue weighted by molar-refractivity contribution is 7.11. The highest BCUT2D eigenvalue weighted by atomic mass is 32.1. The molecule has 1 aromatic rings. The molecule has 6 nitrogen and oxygen atoms in total. The van der Waals surface area contributed by atoms with Crippen LogP contribution in [-0.2, 0) is 9.59 Å². The van der Waals surface area contributed by atoms with Crippen LogP contribution >= 0.6 is 11.3 Å². The van der Waals surface area contributed by atoms with Crippen LogP contribution in [0.1, 0.15) is 23.3 Å². The second kappa shape index (κ2) is 5.54. The topological polar surface area (TPSA) is 82.9 Å². The van der Waals surface area contributed by atoms with Gasteiger partial charge in [0, 0.05) is 4.88 Å². The lowest BCUT2D eigenvalue weighted by Crippen LogP contribution is -2.20. The molecule has 0 saturated heterocycles. The van der Waals surface area contributed by atoms with Gasteiger partial charge >= 0.3 is 0 Å². The summed E-state index contributed by atoms with van der Waals surface area (Å²) in [4.78, 5) is 23.3. The fraction of sp³-hybridized carbons (Fsp3) is 0.273. The van der Waals surface area contributed by atoms with Crippen molar-refractivity contribution in [1.29, 1.82) is 0 Å². The van der Waals surface area contributed by atoms with Crippen LogP contribution in [0.3, 0.4) is 0 Å². The third-order valence-corrected chi connectivity index (χ3v) is 3.29. The van der Waals surface area contributed by atoms with Crippen molar-refractivity contribution >= 4 is 35.1 Å². The molecule has 0 atom stereocenters. The summed E-state index contributed by atoms with van der Waals surface area (Å²) < 4.78 is 0. The van der Waals surface area contributed by atoms with Gasteiger partial charge in [-0.25, -0.2) is 10.9 Å². The Bertz CT molecular complexity index is 533. The normalized spacial score (nSPS) is 14.7. The Kier molecular flexibility index (Phi) is 3.83. The Hall–Kier alpha value is -2.02. The number of nitrogens with one attached hydrogen (secondary N) is 2. The lowest BCUT2D eigenvalue weighted by molar-refractivity contribution is -0.119. The molecule has 2 rings (SSSR count). The Morgan fingerprint density at radius 1 is 1.72 bits per heavy atom. The number of carbonyl (C=O) groups excluding carboxylic acids is 2. The second-order valence-electron chi connectivity index (χ2n) is 3.83. The van der Waals surface area contributed by atoms with Crippen molar-refractivity contribution in [2.24, 2.45) is 10.2 Å². The molecule has 2 heterocycles. The van der Waals surface area contributed by atoms with Crippen LogP contribution in [0.2, 0.25) is 0 Å². The van der Waals surface area contributed by atoms with E-state index in [1.165, 1.54) is 0 Å². The van der Waals surface area contributed by atoms with Gasteiger partial charge in [-0.2, -0.15) is 10.2 Å². The minimum absolute atomic E-state index is 0.0828. The Morgan fingerprint density at radius 3 is 3.17 bits per heavy atom.